The van der Waals surface area contributed by atoms with E-state index in [0.29, 0.717) is 38.3 Å². The summed E-state index contributed by atoms with van der Waals surface area (Å²) in [6, 6.07) is 12.5. The summed E-state index contributed by atoms with van der Waals surface area (Å²) in [5.74, 6) is 0.417. The second-order valence-corrected chi connectivity index (χ2v) is 6.60. The number of rotatable bonds is 9. The largest absolute Gasteiger partial charge is 0.355 e. The molecule has 0 fully saturated rings. The summed E-state index contributed by atoms with van der Waals surface area (Å²) in [6.45, 7) is 7.38. The van der Waals surface area contributed by atoms with E-state index < -0.39 is 0 Å². The Bertz CT molecular complexity index is 758. The molecule has 2 rings (SSSR count). The SMILES string of the molecule is CC[C@H](CNC(=O)CCc1c(C)nn(CCC#N)c1C)c1ccccc1. The molecule has 2 aromatic rings. The van der Waals surface area contributed by atoms with Gasteiger partial charge >= 0.3 is 0 Å². The second kappa shape index (κ2) is 9.76. The highest BCUT2D eigenvalue weighted by Gasteiger charge is 2.14. The summed E-state index contributed by atoms with van der Waals surface area (Å²) in [6.07, 6.45) is 2.57. The molecule has 0 bridgehead atoms. The Morgan fingerprint density at radius 2 is 2.04 bits per heavy atom. The smallest absolute Gasteiger partial charge is 0.220 e. The first-order valence-corrected chi connectivity index (χ1v) is 9.28. The lowest BCUT2D eigenvalue weighted by Gasteiger charge is -2.16. The normalized spacial score (nSPS) is 11.8. The molecule has 5 nitrogen and oxygen atoms in total. The van der Waals surface area contributed by atoms with Crippen molar-refractivity contribution in [2.75, 3.05) is 6.54 Å². The van der Waals surface area contributed by atoms with E-state index in [0.717, 1.165) is 23.4 Å². The van der Waals surface area contributed by atoms with Crippen LogP contribution in [0.4, 0.5) is 0 Å². The molecule has 138 valence electrons. The van der Waals surface area contributed by atoms with Crippen LogP contribution in [-0.2, 0) is 17.8 Å². The summed E-state index contributed by atoms with van der Waals surface area (Å²) >= 11 is 0. The van der Waals surface area contributed by atoms with Crippen LogP contribution in [0.25, 0.3) is 0 Å². The molecule has 0 aliphatic carbocycles. The van der Waals surface area contributed by atoms with Gasteiger partial charge < -0.3 is 5.32 Å². The molecule has 0 saturated carbocycles. The third-order valence-electron chi connectivity index (χ3n) is 4.88. The fourth-order valence-corrected chi connectivity index (χ4v) is 3.26. The number of hydrogen-bond donors (Lipinski definition) is 1. The van der Waals surface area contributed by atoms with Crippen LogP contribution in [0.15, 0.2) is 30.3 Å². The fraction of sp³-hybridized carbons (Fsp3) is 0.476. The van der Waals surface area contributed by atoms with E-state index in [9.17, 15) is 4.79 Å². The highest BCUT2D eigenvalue weighted by molar-refractivity contribution is 5.76. The summed E-state index contributed by atoms with van der Waals surface area (Å²) in [5, 5.41) is 16.3. The van der Waals surface area contributed by atoms with Gasteiger partial charge in [0.15, 0.2) is 0 Å². The summed E-state index contributed by atoms with van der Waals surface area (Å²) in [4.78, 5) is 12.3. The van der Waals surface area contributed by atoms with Crippen molar-refractivity contribution in [2.45, 2.75) is 58.9 Å². The van der Waals surface area contributed by atoms with Crippen molar-refractivity contribution in [1.29, 1.82) is 5.26 Å². The van der Waals surface area contributed by atoms with Gasteiger partial charge in [-0.05, 0) is 37.8 Å². The van der Waals surface area contributed by atoms with Gasteiger partial charge in [0.05, 0.1) is 24.7 Å². The van der Waals surface area contributed by atoms with Crippen LogP contribution >= 0.6 is 0 Å². The molecular formula is C21H28N4O. The van der Waals surface area contributed by atoms with Crippen LogP contribution in [0, 0.1) is 25.2 Å². The first kappa shape index (κ1) is 19.7. The Balaban J connectivity index is 1.87. The number of aryl methyl sites for hydroxylation is 2. The van der Waals surface area contributed by atoms with Crippen molar-refractivity contribution >= 4 is 5.91 Å². The number of carbonyl (C=O) groups excluding carboxylic acids is 1. The third-order valence-corrected chi connectivity index (χ3v) is 4.88. The zero-order chi connectivity index (χ0) is 18.9. The molecule has 0 radical (unpaired) electrons. The molecule has 5 heteroatoms. The Labute approximate surface area is 156 Å². The lowest BCUT2D eigenvalue weighted by Crippen LogP contribution is -2.28. The topological polar surface area (TPSA) is 70.7 Å². The van der Waals surface area contributed by atoms with E-state index >= 15 is 0 Å². The zero-order valence-electron chi connectivity index (χ0n) is 16.0. The van der Waals surface area contributed by atoms with Gasteiger partial charge in [-0.15, -0.1) is 0 Å². The lowest BCUT2D eigenvalue weighted by molar-refractivity contribution is -0.121. The maximum Gasteiger partial charge on any atom is 0.220 e. The summed E-state index contributed by atoms with van der Waals surface area (Å²) in [7, 11) is 0. The molecule has 0 unspecified atom stereocenters. The number of amides is 1. The molecule has 0 aliphatic rings. The third kappa shape index (κ3) is 5.19. The Morgan fingerprint density at radius 1 is 1.31 bits per heavy atom. The van der Waals surface area contributed by atoms with E-state index in [1.807, 2.05) is 36.7 Å². The van der Waals surface area contributed by atoms with Crippen molar-refractivity contribution in [1.82, 2.24) is 15.1 Å². The van der Waals surface area contributed by atoms with Crippen LogP contribution in [-0.4, -0.2) is 22.2 Å². The zero-order valence-corrected chi connectivity index (χ0v) is 16.0. The van der Waals surface area contributed by atoms with Crippen LogP contribution < -0.4 is 5.32 Å². The molecule has 1 heterocycles. The number of hydrogen-bond acceptors (Lipinski definition) is 3. The minimum Gasteiger partial charge on any atom is -0.355 e. The van der Waals surface area contributed by atoms with E-state index in [1.165, 1.54) is 5.56 Å². The molecule has 0 spiro atoms. The Hall–Kier alpha value is -2.61. The van der Waals surface area contributed by atoms with Crippen LogP contribution in [0.3, 0.4) is 0 Å². The van der Waals surface area contributed by atoms with Gasteiger partial charge in [0, 0.05) is 24.6 Å². The van der Waals surface area contributed by atoms with Crippen molar-refractivity contribution in [3.8, 4) is 6.07 Å². The van der Waals surface area contributed by atoms with Gasteiger partial charge in [0.25, 0.3) is 0 Å². The van der Waals surface area contributed by atoms with Crippen molar-refractivity contribution < 1.29 is 4.79 Å². The number of nitrogens with one attached hydrogen (secondary N) is 1. The standard InChI is InChI=1S/C21H28N4O/c1-4-18(19-9-6-5-7-10-19)15-23-21(26)12-11-20-16(2)24-25(17(20)3)14-8-13-22/h5-7,9-10,18H,4,8,11-12,14-15H2,1-3H3,(H,23,26)/t18-/m1/s1. The molecule has 0 saturated heterocycles. The summed E-state index contributed by atoms with van der Waals surface area (Å²) < 4.78 is 1.87. The van der Waals surface area contributed by atoms with E-state index in [1.54, 1.807) is 0 Å². The van der Waals surface area contributed by atoms with Crippen LogP contribution in [0.5, 0.6) is 0 Å². The average molecular weight is 352 g/mol. The average Bonchev–Trinajstić information content (AvgIpc) is 2.92. The predicted molar refractivity (Wildman–Crippen MR) is 103 cm³/mol. The van der Waals surface area contributed by atoms with Gasteiger partial charge in [0.2, 0.25) is 5.91 Å². The van der Waals surface area contributed by atoms with Crippen molar-refractivity contribution in [2.24, 2.45) is 0 Å². The quantitative estimate of drug-likeness (QED) is 0.749. The molecule has 1 N–H and O–H groups in total. The van der Waals surface area contributed by atoms with E-state index in [2.05, 4.69) is 35.5 Å². The van der Waals surface area contributed by atoms with Gasteiger partial charge in [-0.2, -0.15) is 10.4 Å². The fourth-order valence-electron chi connectivity index (χ4n) is 3.26. The minimum absolute atomic E-state index is 0.0722. The van der Waals surface area contributed by atoms with Crippen LogP contribution in [0.2, 0.25) is 0 Å². The molecular weight excluding hydrogens is 324 g/mol. The highest BCUT2D eigenvalue weighted by Crippen LogP contribution is 2.18. The van der Waals surface area contributed by atoms with E-state index in [-0.39, 0.29) is 5.91 Å². The minimum atomic E-state index is 0.0722. The first-order valence-electron chi connectivity index (χ1n) is 9.28. The number of nitriles is 1. The van der Waals surface area contributed by atoms with Gasteiger partial charge in [-0.25, -0.2) is 0 Å². The highest BCUT2D eigenvalue weighted by atomic mass is 16.1. The molecule has 1 amide bonds. The van der Waals surface area contributed by atoms with Crippen molar-refractivity contribution in [3.05, 3.63) is 52.8 Å². The van der Waals surface area contributed by atoms with E-state index in [4.69, 9.17) is 5.26 Å². The number of nitrogens with zero attached hydrogens (tertiary/aromatic N) is 3. The summed E-state index contributed by atoms with van der Waals surface area (Å²) in [5.41, 5.74) is 4.39. The lowest BCUT2D eigenvalue weighted by atomic mass is 9.96. The van der Waals surface area contributed by atoms with Gasteiger partial charge in [-0.1, -0.05) is 37.3 Å². The number of carbonyl (C=O) groups is 1. The molecule has 26 heavy (non-hydrogen) atoms. The second-order valence-electron chi connectivity index (χ2n) is 6.60. The maximum absolute atomic E-state index is 12.3. The van der Waals surface area contributed by atoms with Crippen LogP contribution in [0.1, 0.15) is 54.6 Å². The van der Waals surface area contributed by atoms with Crippen molar-refractivity contribution in [3.63, 3.8) is 0 Å². The molecule has 1 aromatic heterocycles. The Kier molecular flexibility index (Phi) is 7.40. The predicted octanol–water partition coefficient (Wildman–Crippen LogP) is 3.66. The number of aromatic nitrogens is 2. The molecule has 0 aliphatic heterocycles. The molecule has 1 atom stereocenters. The number of benzene rings is 1. The monoisotopic (exact) mass is 352 g/mol. The Morgan fingerprint density at radius 3 is 2.69 bits per heavy atom. The van der Waals surface area contributed by atoms with Gasteiger partial charge in [-0.3, -0.25) is 9.48 Å². The molecule has 1 aromatic carbocycles. The maximum atomic E-state index is 12.3. The van der Waals surface area contributed by atoms with Gasteiger partial charge in [0.1, 0.15) is 0 Å². The first-order chi connectivity index (χ1) is 12.6.